The lowest BCUT2D eigenvalue weighted by Crippen LogP contribution is -2.43. The number of carbonyl (C=O) groups is 2. The molecule has 0 bridgehead atoms. The molecule has 1 N–H and O–H groups in total. The van der Waals surface area contributed by atoms with Gasteiger partial charge in [-0.25, -0.2) is 14.7 Å². The minimum Gasteiger partial charge on any atom is -0.381 e. The molecule has 3 aliphatic heterocycles. The van der Waals surface area contributed by atoms with Gasteiger partial charge in [0.2, 0.25) is 0 Å². The van der Waals surface area contributed by atoms with Crippen LogP contribution >= 0.6 is 0 Å². The van der Waals surface area contributed by atoms with E-state index < -0.39 is 5.54 Å². The molecule has 36 heavy (non-hydrogen) atoms. The van der Waals surface area contributed by atoms with Gasteiger partial charge in [0, 0.05) is 56.7 Å². The van der Waals surface area contributed by atoms with Crippen LogP contribution in [0.2, 0.25) is 0 Å². The number of pyridine rings is 1. The Morgan fingerprint density at radius 2 is 1.89 bits per heavy atom. The normalized spacial score (nSPS) is 22.8. The highest BCUT2D eigenvalue weighted by Crippen LogP contribution is 2.53. The number of hydrogen-bond acceptors (Lipinski definition) is 6. The maximum Gasteiger partial charge on any atom is 0.332 e. The predicted molar refractivity (Wildman–Crippen MR) is 139 cm³/mol. The van der Waals surface area contributed by atoms with Gasteiger partial charge in [-0.3, -0.25) is 4.79 Å². The van der Waals surface area contributed by atoms with Gasteiger partial charge < -0.3 is 19.9 Å². The first kappa shape index (κ1) is 23.3. The van der Waals surface area contributed by atoms with Crippen LogP contribution in [0.1, 0.15) is 57.1 Å². The summed E-state index contributed by atoms with van der Waals surface area (Å²) in [6.45, 7) is 6.53. The minimum atomic E-state index is -0.950. The molecule has 0 atom stereocenters. The summed E-state index contributed by atoms with van der Waals surface area (Å²) in [5, 5.41) is 3.49. The minimum absolute atomic E-state index is 0.193. The van der Waals surface area contributed by atoms with Crippen molar-refractivity contribution < 1.29 is 14.3 Å². The zero-order valence-electron chi connectivity index (χ0n) is 21.4. The third-order valence-electron chi connectivity index (χ3n) is 8.63. The fraction of sp³-hybridized carbons (Fsp3) is 0.536. The molecule has 0 unspecified atom stereocenters. The molecule has 1 aromatic heterocycles. The number of nitrogens with zero attached hydrogens (tertiary/aromatic N) is 4. The first-order valence-corrected chi connectivity index (χ1v) is 13.1. The van der Waals surface area contributed by atoms with Crippen molar-refractivity contribution in [1.82, 2.24) is 9.88 Å². The Bertz CT molecular complexity index is 1200. The number of carbonyl (C=O) groups excluding carboxylic acids is 2. The van der Waals surface area contributed by atoms with Crippen LogP contribution in [0.3, 0.4) is 0 Å². The van der Waals surface area contributed by atoms with Crippen molar-refractivity contribution in [3.05, 3.63) is 47.7 Å². The number of likely N-dealkylation sites (N-methyl/N-ethyl adjacent to an activating group) is 1. The lowest BCUT2D eigenvalue weighted by Gasteiger charge is -2.38. The zero-order valence-corrected chi connectivity index (χ0v) is 21.4. The van der Waals surface area contributed by atoms with Gasteiger partial charge in [-0.15, -0.1) is 0 Å². The third kappa shape index (κ3) is 3.65. The molecule has 3 fully saturated rings. The van der Waals surface area contributed by atoms with Crippen molar-refractivity contribution in [2.75, 3.05) is 41.9 Å². The van der Waals surface area contributed by atoms with E-state index in [2.05, 4.69) is 28.3 Å². The van der Waals surface area contributed by atoms with E-state index in [-0.39, 0.29) is 17.4 Å². The summed E-state index contributed by atoms with van der Waals surface area (Å²) < 4.78 is 5.45. The van der Waals surface area contributed by atoms with Gasteiger partial charge in [-0.05, 0) is 74.9 Å². The summed E-state index contributed by atoms with van der Waals surface area (Å²) in [5.41, 5.74) is 3.40. The number of benzene rings is 1. The van der Waals surface area contributed by atoms with E-state index in [0.29, 0.717) is 18.3 Å². The fourth-order valence-electron chi connectivity index (χ4n) is 6.29. The third-order valence-corrected chi connectivity index (χ3v) is 8.63. The Morgan fingerprint density at radius 1 is 1.11 bits per heavy atom. The highest BCUT2D eigenvalue weighted by atomic mass is 16.5. The Hall–Kier alpha value is -3.13. The monoisotopic (exact) mass is 489 g/mol. The first-order chi connectivity index (χ1) is 17.3. The van der Waals surface area contributed by atoms with Crippen molar-refractivity contribution >= 4 is 29.1 Å². The number of nitrogens with one attached hydrogen (secondary N) is 1. The van der Waals surface area contributed by atoms with E-state index in [1.165, 1.54) is 29.7 Å². The van der Waals surface area contributed by atoms with Gasteiger partial charge in [-0.2, -0.15) is 0 Å². The quantitative estimate of drug-likeness (QED) is 0.632. The van der Waals surface area contributed by atoms with Crippen LogP contribution in [-0.4, -0.2) is 60.2 Å². The van der Waals surface area contributed by atoms with Gasteiger partial charge >= 0.3 is 6.03 Å². The summed E-state index contributed by atoms with van der Waals surface area (Å²) >= 11 is 0. The summed E-state index contributed by atoms with van der Waals surface area (Å²) in [5.74, 6) is 0.597. The molecular weight excluding hydrogens is 454 g/mol. The van der Waals surface area contributed by atoms with Crippen molar-refractivity contribution in [2.45, 2.75) is 69.5 Å². The smallest absolute Gasteiger partial charge is 0.332 e. The van der Waals surface area contributed by atoms with E-state index in [9.17, 15) is 9.59 Å². The van der Waals surface area contributed by atoms with Crippen molar-refractivity contribution in [1.29, 1.82) is 0 Å². The molecule has 1 saturated carbocycles. The molecule has 3 amide bonds. The molecule has 0 radical (unpaired) electrons. The van der Waals surface area contributed by atoms with Crippen LogP contribution in [0.5, 0.6) is 0 Å². The highest BCUT2D eigenvalue weighted by Gasteiger charge is 2.52. The average molecular weight is 490 g/mol. The molecule has 2 saturated heterocycles. The standard InChI is InChI=1S/C28H35N5O3/c1-27(2)25(34)33(21-5-6-22-23(16-21)31(3)18-28(22)10-4-11-28)26(35)32(27)17-19-7-12-29-24(15-19)30-20-8-13-36-14-9-20/h5-7,12,15-16,20H,4,8-11,13-14,17-18H2,1-3H3,(H,29,30). The molecule has 6 rings (SSSR count). The van der Waals surface area contributed by atoms with Crippen molar-refractivity contribution in [3.63, 3.8) is 0 Å². The molecular formula is C28H35N5O3. The lowest BCUT2D eigenvalue weighted by molar-refractivity contribution is -0.123. The highest BCUT2D eigenvalue weighted by molar-refractivity contribution is 6.23. The van der Waals surface area contributed by atoms with Crippen LogP contribution in [0.25, 0.3) is 0 Å². The molecule has 4 aliphatic rings. The molecule has 8 nitrogen and oxygen atoms in total. The van der Waals surface area contributed by atoms with Crippen LogP contribution in [0, 0.1) is 0 Å². The lowest BCUT2D eigenvalue weighted by atomic mass is 9.66. The summed E-state index contributed by atoms with van der Waals surface area (Å²) in [6.07, 6.45) is 7.35. The van der Waals surface area contributed by atoms with Crippen LogP contribution in [0.4, 0.5) is 22.0 Å². The van der Waals surface area contributed by atoms with Crippen LogP contribution in [0.15, 0.2) is 36.5 Å². The maximum atomic E-state index is 13.7. The SMILES string of the molecule is CN1CC2(CCC2)c2ccc(N3C(=O)N(Cc4ccnc(NC5CCOCC5)c4)C(C)(C)C3=O)cc21. The molecule has 190 valence electrons. The Balaban J connectivity index is 1.24. The van der Waals surface area contributed by atoms with Gasteiger partial charge in [0.15, 0.2) is 0 Å². The Labute approximate surface area is 212 Å². The fourth-order valence-corrected chi connectivity index (χ4v) is 6.29. The Morgan fingerprint density at radius 3 is 2.61 bits per heavy atom. The van der Waals surface area contributed by atoms with Crippen LogP contribution < -0.4 is 15.1 Å². The van der Waals surface area contributed by atoms with E-state index in [1.807, 2.05) is 38.1 Å². The maximum absolute atomic E-state index is 13.7. The number of rotatable bonds is 5. The van der Waals surface area contributed by atoms with Crippen molar-refractivity contribution in [3.8, 4) is 0 Å². The number of imide groups is 1. The van der Waals surface area contributed by atoms with E-state index >= 15 is 0 Å². The second-order valence-corrected chi connectivity index (χ2v) is 11.3. The Kier molecular flexibility index (Phi) is 5.48. The average Bonchev–Trinajstić information content (AvgIpc) is 3.23. The number of aromatic nitrogens is 1. The summed E-state index contributed by atoms with van der Waals surface area (Å²) in [7, 11) is 2.11. The number of urea groups is 1. The number of hydrogen-bond donors (Lipinski definition) is 1. The van der Waals surface area contributed by atoms with Gasteiger partial charge in [0.05, 0.1) is 5.69 Å². The second kappa shape index (κ2) is 8.47. The number of fused-ring (bicyclic) bond motifs is 2. The number of ether oxygens (including phenoxy) is 1. The second-order valence-electron chi connectivity index (χ2n) is 11.3. The van der Waals surface area contributed by atoms with Gasteiger partial charge in [0.25, 0.3) is 5.91 Å². The topological polar surface area (TPSA) is 78.0 Å². The van der Waals surface area contributed by atoms with Gasteiger partial charge in [0.1, 0.15) is 11.4 Å². The van der Waals surface area contributed by atoms with Crippen LogP contribution in [-0.2, 0) is 21.5 Å². The molecule has 2 aromatic rings. The summed E-state index contributed by atoms with van der Waals surface area (Å²) in [4.78, 5) is 37.0. The number of anilines is 3. The predicted octanol–water partition coefficient (Wildman–Crippen LogP) is 4.29. The van der Waals surface area contributed by atoms with Gasteiger partial charge in [-0.1, -0.05) is 12.5 Å². The molecule has 4 heterocycles. The summed E-state index contributed by atoms with van der Waals surface area (Å²) in [6, 6.07) is 10.1. The van der Waals surface area contributed by atoms with Crippen molar-refractivity contribution in [2.24, 2.45) is 0 Å². The molecule has 1 aliphatic carbocycles. The first-order valence-electron chi connectivity index (χ1n) is 13.1. The number of amides is 3. The van der Waals surface area contributed by atoms with E-state index in [4.69, 9.17) is 4.74 Å². The molecule has 1 aromatic carbocycles. The zero-order chi connectivity index (χ0) is 25.1. The molecule has 8 heteroatoms. The largest absolute Gasteiger partial charge is 0.381 e. The molecule has 1 spiro atoms. The van der Waals surface area contributed by atoms with E-state index in [1.54, 1.807) is 11.1 Å². The van der Waals surface area contributed by atoms with E-state index in [0.717, 1.165) is 49.7 Å².